The first-order chi connectivity index (χ1) is 12.6. The molecule has 6 heteroatoms. The van der Waals surface area contributed by atoms with E-state index in [0.717, 1.165) is 0 Å². The van der Waals surface area contributed by atoms with Gasteiger partial charge in [0.05, 0.1) is 0 Å². The Kier molecular flexibility index (Phi) is 3.85. The van der Waals surface area contributed by atoms with Crippen LogP contribution in [0.15, 0.2) is 23.8 Å². The van der Waals surface area contributed by atoms with E-state index in [4.69, 9.17) is 5.11 Å². The molecule has 0 aromatic carbocycles. The van der Waals surface area contributed by atoms with E-state index in [1.54, 1.807) is 6.08 Å². The summed E-state index contributed by atoms with van der Waals surface area (Å²) < 4.78 is 15.1. The molecule has 27 heavy (non-hydrogen) atoms. The van der Waals surface area contributed by atoms with Crippen molar-refractivity contribution in [3.8, 4) is 0 Å². The van der Waals surface area contributed by atoms with Gasteiger partial charge in [-0.1, -0.05) is 19.9 Å². The van der Waals surface area contributed by atoms with Crippen LogP contribution in [0.1, 0.15) is 39.5 Å². The van der Waals surface area contributed by atoms with E-state index in [9.17, 15) is 19.2 Å². The first-order valence-electron chi connectivity index (χ1n) is 9.49. The average molecular weight is 374 g/mol. The van der Waals surface area contributed by atoms with Gasteiger partial charge in [0.2, 0.25) is 5.78 Å². The normalized spacial score (nSPS) is 45.6. The number of halogens is 1. The number of carboxylic acid groups (broad SMARTS) is 1. The van der Waals surface area contributed by atoms with Crippen molar-refractivity contribution in [1.29, 1.82) is 0 Å². The Balaban J connectivity index is 1.76. The van der Waals surface area contributed by atoms with E-state index < -0.39 is 40.6 Å². The van der Waals surface area contributed by atoms with Gasteiger partial charge in [0, 0.05) is 23.7 Å². The summed E-state index contributed by atoms with van der Waals surface area (Å²) in [7, 11) is 0. The third-order valence-electron chi connectivity index (χ3n) is 7.76. The highest BCUT2D eigenvalue weighted by molar-refractivity contribution is 6.33. The van der Waals surface area contributed by atoms with Gasteiger partial charge in [-0.2, -0.15) is 0 Å². The first-order valence-corrected chi connectivity index (χ1v) is 9.49. The molecule has 3 saturated carbocycles. The van der Waals surface area contributed by atoms with Crippen LogP contribution >= 0.6 is 0 Å². The molecule has 0 unspecified atom stereocenters. The Hall–Kier alpha value is -2.11. The van der Waals surface area contributed by atoms with Gasteiger partial charge in [-0.3, -0.25) is 14.4 Å². The Bertz CT molecular complexity index is 826. The smallest absolute Gasteiger partial charge is 0.372 e. The highest BCUT2D eigenvalue weighted by Crippen LogP contribution is 2.65. The molecule has 0 radical (unpaired) electrons. The zero-order chi connectivity index (χ0) is 19.7. The monoisotopic (exact) mass is 374 g/mol. The topological polar surface area (TPSA) is 88.5 Å². The van der Waals surface area contributed by atoms with E-state index in [0.29, 0.717) is 18.4 Å². The Morgan fingerprint density at radius 2 is 1.93 bits per heavy atom. The lowest BCUT2D eigenvalue weighted by Crippen LogP contribution is -2.57. The maximum Gasteiger partial charge on any atom is 0.372 e. The van der Waals surface area contributed by atoms with Crippen molar-refractivity contribution in [2.45, 2.75) is 45.7 Å². The minimum absolute atomic E-state index is 0.0527. The van der Waals surface area contributed by atoms with Gasteiger partial charge in [0.25, 0.3) is 0 Å². The van der Waals surface area contributed by atoms with E-state index in [1.807, 2.05) is 13.8 Å². The summed E-state index contributed by atoms with van der Waals surface area (Å²) in [5.41, 5.74) is -1.19. The van der Waals surface area contributed by atoms with Crippen molar-refractivity contribution >= 4 is 23.3 Å². The largest absolute Gasteiger partial charge is 0.475 e. The molecule has 0 spiro atoms. The fraction of sp³-hybridized carbons (Fsp3) is 0.619. The number of hydrogen-bond donors (Lipinski definition) is 1. The quantitative estimate of drug-likeness (QED) is 0.751. The average Bonchev–Trinajstić information content (AvgIpc) is 2.92. The van der Waals surface area contributed by atoms with Gasteiger partial charge >= 0.3 is 5.97 Å². The van der Waals surface area contributed by atoms with Crippen molar-refractivity contribution in [3.63, 3.8) is 0 Å². The number of hydrogen-bond acceptors (Lipinski definition) is 4. The zero-order valence-corrected chi connectivity index (χ0v) is 15.4. The van der Waals surface area contributed by atoms with Gasteiger partial charge in [-0.05, 0) is 54.2 Å². The molecule has 4 aliphatic carbocycles. The molecular weight excluding hydrogens is 351 g/mol. The van der Waals surface area contributed by atoms with Crippen molar-refractivity contribution < 1.29 is 28.7 Å². The number of fused-ring (bicyclic) bond motifs is 5. The summed E-state index contributed by atoms with van der Waals surface area (Å²) in [5.74, 6) is -4.07. The number of carbonyl (C=O) groups excluding carboxylic acids is 3. The van der Waals surface area contributed by atoms with Crippen LogP contribution in [0.3, 0.4) is 0 Å². The molecule has 0 saturated heterocycles. The Morgan fingerprint density at radius 1 is 1.22 bits per heavy atom. The molecule has 4 rings (SSSR count). The lowest BCUT2D eigenvalue weighted by atomic mass is 9.47. The van der Waals surface area contributed by atoms with Gasteiger partial charge < -0.3 is 5.11 Å². The van der Waals surface area contributed by atoms with Crippen molar-refractivity contribution in [2.75, 3.05) is 0 Å². The number of allylic oxidation sites excluding steroid dienone is 4. The van der Waals surface area contributed by atoms with E-state index in [1.165, 1.54) is 12.2 Å². The van der Waals surface area contributed by atoms with Crippen LogP contribution in [-0.2, 0) is 19.2 Å². The van der Waals surface area contributed by atoms with Crippen molar-refractivity contribution in [3.05, 3.63) is 23.8 Å². The predicted molar refractivity (Wildman–Crippen MR) is 93.4 cm³/mol. The first kappa shape index (κ1) is 18.3. The maximum atomic E-state index is 15.1. The molecule has 4 aliphatic rings. The molecule has 0 aromatic rings. The van der Waals surface area contributed by atoms with E-state index >= 15 is 4.39 Å². The summed E-state index contributed by atoms with van der Waals surface area (Å²) in [6, 6.07) is 0. The molecule has 0 heterocycles. The summed E-state index contributed by atoms with van der Waals surface area (Å²) >= 11 is 0. The molecule has 0 bridgehead atoms. The number of ketones is 3. The molecule has 1 N–H and O–H groups in total. The van der Waals surface area contributed by atoms with Gasteiger partial charge in [-0.15, -0.1) is 0 Å². The van der Waals surface area contributed by atoms with Gasteiger partial charge in [-0.25, -0.2) is 9.18 Å². The molecule has 5 nitrogen and oxygen atoms in total. The lowest BCUT2D eigenvalue weighted by Gasteiger charge is -2.56. The van der Waals surface area contributed by atoms with E-state index in [-0.39, 0.29) is 36.2 Å². The number of alkyl halides is 1. The highest BCUT2D eigenvalue weighted by Gasteiger charge is 2.64. The number of aliphatic carboxylic acids is 1. The molecular formula is C21H23FO5. The van der Waals surface area contributed by atoms with Crippen molar-refractivity contribution in [2.24, 2.45) is 34.5 Å². The minimum atomic E-state index is -1.46. The van der Waals surface area contributed by atoms with Crippen molar-refractivity contribution in [1.82, 2.24) is 0 Å². The van der Waals surface area contributed by atoms with Crippen LogP contribution in [0.25, 0.3) is 0 Å². The molecule has 144 valence electrons. The van der Waals surface area contributed by atoms with Crippen LogP contribution in [0.5, 0.6) is 0 Å². The molecule has 3 fully saturated rings. The fourth-order valence-electron chi connectivity index (χ4n) is 6.62. The Morgan fingerprint density at radius 3 is 2.59 bits per heavy atom. The number of Topliss-reactive ketones (excluding diaryl/α,β-unsaturated/α-hetero) is 2. The lowest BCUT2D eigenvalue weighted by molar-refractivity contribution is -0.157. The fourth-order valence-corrected chi connectivity index (χ4v) is 6.62. The summed E-state index contributed by atoms with van der Waals surface area (Å²) in [4.78, 5) is 48.5. The standard InChI is InChI=1S/C21H23FO5/c1-20-6-5-10(23)7-14(20)15(22)8-11-12-3-4-13(18(25)19(26)27)21(12,2)9-16(24)17(11)20/h5-7,11-13,15,17H,3-4,8-9H2,1-2H3,(H,26,27)/t11-,12-,13+,15-,17+,20-,21-/m0/s1. The number of rotatable bonds is 2. The third-order valence-corrected chi connectivity index (χ3v) is 7.76. The van der Waals surface area contributed by atoms with Crippen LogP contribution in [-0.4, -0.2) is 34.6 Å². The van der Waals surface area contributed by atoms with E-state index in [2.05, 4.69) is 0 Å². The number of carbonyl (C=O) groups is 4. The highest BCUT2D eigenvalue weighted by atomic mass is 19.1. The number of carboxylic acids is 1. The van der Waals surface area contributed by atoms with Crippen LogP contribution in [0, 0.1) is 34.5 Å². The molecule has 7 atom stereocenters. The Labute approximate surface area is 156 Å². The summed E-state index contributed by atoms with van der Waals surface area (Å²) in [6.45, 7) is 3.64. The zero-order valence-electron chi connectivity index (χ0n) is 15.4. The maximum absolute atomic E-state index is 15.1. The molecule has 0 aromatic heterocycles. The van der Waals surface area contributed by atoms with Gasteiger partial charge in [0.15, 0.2) is 5.78 Å². The molecule has 0 amide bonds. The SMILES string of the molecule is C[C@]12CC(=O)[C@H]3[C@@H](C[C@H](F)C4=CC(=O)C=C[C@@]43C)[C@@H]1CC[C@@H]2C(=O)C(=O)O. The summed E-state index contributed by atoms with van der Waals surface area (Å²) in [6.07, 6.45) is 4.42. The summed E-state index contributed by atoms with van der Waals surface area (Å²) in [5, 5.41) is 9.16. The van der Waals surface area contributed by atoms with Crippen LogP contribution in [0.4, 0.5) is 4.39 Å². The predicted octanol–water partition coefficient (Wildman–Crippen LogP) is 2.69. The van der Waals surface area contributed by atoms with Crippen LogP contribution in [0.2, 0.25) is 0 Å². The van der Waals surface area contributed by atoms with Crippen LogP contribution < -0.4 is 0 Å². The second-order valence-corrected chi connectivity index (χ2v) is 9.02. The second-order valence-electron chi connectivity index (χ2n) is 9.02. The minimum Gasteiger partial charge on any atom is -0.475 e. The second kappa shape index (κ2) is 5.69. The van der Waals surface area contributed by atoms with Gasteiger partial charge in [0.1, 0.15) is 12.0 Å². The molecule has 0 aliphatic heterocycles. The third kappa shape index (κ3) is 2.34.